The van der Waals surface area contributed by atoms with Crippen LogP contribution in [-0.4, -0.2) is 17.9 Å². The number of benzene rings is 3. The molecule has 0 bridgehead atoms. The maximum Gasteiger partial charge on any atom is 0.266 e. The van der Waals surface area contributed by atoms with Crippen molar-refractivity contribution in [3.05, 3.63) is 96.6 Å². The highest BCUT2D eigenvalue weighted by atomic mass is 16.7. The second-order valence-corrected chi connectivity index (χ2v) is 6.92. The number of anilines is 2. The molecule has 0 spiro atoms. The van der Waals surface area contributed by atoms with Gasteiger partial charge in [0.25, 0.3) is 5.91 Å². The van der Waals surface area contributed by atoms with E-state index in [9.17, 15) is 9.59 Å². The summed E-state index contributed by atoms with van der Waals surface area (Å²) in [5.74, 6) is -1.15. The van der Waals surface area contributed by atoms with E-state index in [4.69, 9.17) is 4.84 Å². The van der Waals surface area contributed by atoms with Gasteiger partial charge in [0.15, 0.2) is 6.10 Å². The monoisotopic (exact) mass is 370 g/mol. The molecular weight excluding hydrogens is 352 g/mol. The van der Waals surface area contributed by atoms with Crippen LogP contribution in [-0.2, 0) is 14.4 Å². The fourth-order valence-corrected chi connectivity index (χ4v) is 4.03. The number of rotatable bonds is 3. The van der Waals surface area contributed by atoms with Crippen LogP contribution < -0.4 is 9.96 Å². The van der Waals surface area contributed by atoms with Gasteiger partial charge in [-0.1, -0.05) is 66.7 Å². The molecular formula is C23H18N2O3. The number of carbonyl (C=O) groups excluding carboxylic acids is 2. The molecule has 3 aromatic carbocycles. The summed E-state index contributed by atoms with van der Waals surface area (Å²) in [5, 5.41) is 1.71. The van der Waals surface area contributed by atoms with E-state index in [1.807, 2.05) is 78.9 Å². The minimum absolute atomic E-state index is 0.228. The van der Waals surface area contributed by atoms with Crippen molar-refractivity contribution >= 4 is 23.2 Å². The molecule has 2 aliphatic heterocycles. The van der Waals surface area contributed by atoms with Crippen LogP contribution in [0, 0.1) is 5.92 Å². The topological polar surface area (TPSA) is 49.9 Å². The third kappa shape index (κ3) is 2.52. The van der Waals surface area contributed by atoms with Gasteiger partial charge in [-0.3, -0.25) is 14.4 Å². The Morgan fingerprint density at radius 1 is 0.643 bits per heavy atom. The molecule has 2 saturated heterocycles. The Kier molecular flexibility index (Phi) is 3.95. The minimum atomic E-state index is -0.835. The molecule has 3 atom stereocenters. The van der Waals surface area contributed by atoms with Crippen LogP contribution in [0.5, 0.6) is 0 Å². The summed E-state index contributed by atoms with van der Waals surface area (Å²) < 4.78 is 0. The Balaban J connectivity index is 1.59. The van der Waals surface area contributed by atoms with Crippen molar-refractivity contribution in [3.8, 4) is 0 Å². The molecule has 5 rings (SSSR count). The maximum atomic E-state index is 13.4. The van der Waals surface area contributed by atoms with Gasteiger partial charge in [0.1, 0.15) is 5.92 Å². The molecule has 28 heavy (non-hydrogen) atoms. The van der Waals surface area contributed by atoms with Crippen molar-refractivity contribution in [2.45, 2.75) is 12.1 Å². The fourth-order valence-electron chi connectivity index (χ4n) is 4.03. The number of nitrogens with zero attached hydrogens (tertiary/aromatic N) is 2. The molecule has 2 aliphatic rings. The zero-order valence-corrected chi connectivity index (χ0v) is 15.0. The molecule has 0 N–H and O–H groups in total. The van der Waals surface area contributed by atoms with Crippen LogP contribution in [0.15, 0.2) is 91.0 Å². The number of imide groups is 1. The normalized spacial score (nSPS) is 23.9. The Bertz CT molecular complexity index is 1010. The van der Waals surface area contributed by atoms with E-state index in [2.05, 4.69) is 0 Å². The smallest absolute Gasteiger partial charge is 0.266 e. The largest absolute Gasteiger partial charge is 0.273 e. The molecule has 5 nitrogen and oxygen atoms in total. The molecule has 0 saturated carbocycles. The SMILES string of the molecule is O=C1[C@H]2[C@H](ON(c3ccccc3)[C@H]2c2ccccc2)C(=O)N1c1ccccc1. The second-order valence-electron chi connectivity index (χ2n) is 6.92. The highest BCUT2D eigenvalue weighted by Crippen LogP contribution is 2.47. The molecule has 5 heteroatoms. The molecule has 2 fully saturated rings. The van der Waals surface area contributed by atoms with Crippen molar-refractivity contribution in [2.75, 3.05) is 9.96 Å². The molecule has 0 unspecified atom stereocenters. The summed E-state index contributed by atoms with van der Waals surface area (Å²) in [6.07, 6.45) is -0.835. The van der Waals surface area contributed by atoms with E-state index in [-0.39, 0.29) is 17.9 Å². The van der Waals surface area contributed by atoms with E-state index in [0.29, 0.717) is 5.69 Å². The summed E-state index contributed by atoms with van der Waals surface area (Å²) in [4.78, 5) is 33.8. The summed E-state index contributed by atoms with van der Waals surface area (Å²) in [6.45, 7) is 0. The highest BCUT2D eigenvalue weighted by Gasteiger charge is 2.60. The predicted molar refractivity (Wildman–Crippen MR) is 105 cm³/mol. The third-order valence-electron chi connectivity index (χ3n) is 5.28. The number of amides is 2. The number of hydroxylamine groups is 1. The lowest BCUT2D eigenvalue weighted by Crippen LogP contribution is -2.37. The second kappa shape index (κ2) is 6.62. The maximum absolute atomic E-state index is 13.4. The minimum Gasteiger partial charge on any atom is -0.273 e. The van der Waals surface area contributed by atoms with Gasteiger partial charge < -0.3 is 0 Å². The van der Waals surface area contributed by atoms with Gasteiger partial charge in [-0.2, -0.15) is 0 Å². The molecule has 0 aromatic heterocycles. The molecule has 0 aliphatic carbocycles. The average Bonchev–Trinajstić information content (AvgIpc) is 3.26. The van der Waals surface area contributed by atoms with Gasteiger partial charge in [-0.25, -0.2) is 9.96 Å². The van der Waals surface area contributed by atoms with Gasteiger partial charge in [0.2, 0.25) is 5.91 Å². The van der Waals surface area contributed by atoms with Crippen molar-refractivity contribution < 1.29 is 14.4 Å². The standard InChI is InChI=1S/C23H18N2O3/c26-22-19-20(16-10-4-1-5-11-16)25(18-14-8-3-9-15-18)28-21(19)23(27)24(22)17-12-6-2-7-13-17/h1-15,19-21H/t19-,20+,21+/m1/s1. The molecule has 2 amide bonds. The molecule has 0 radical (unpaired) electrons. The third-order valence-corrected chi connectivity index (χ3v) is 5.28. The van der Waals surface area contributed by atoms with Crippen LogP contribution >= 0.6 is 0 Å². The van der Waals surface area contributed by atoms with Crippen molar-refractivity contribution in [3.63, 3.8) is 0 Å². The summed E-state index contributed by atoms with van der Waals surface area (Å²) in [7, 11) is 0. The number of hydrogen-bond donors (Lipinski definition) is 0. The Hall–Kier alpha value is -3.44. The summed E-state index contributed by atoms with van der Waals surface area (Å²) in [5.41, 5.74) is 2.33. The van der Waals surface area contributed by atoms with Crippen molar-refractivity contribution in [2.24, 2.45) is 5.92 Å². The fraction of sp³-hybridized carbons (Fsp3) is 0.130. The molecule has 3 aromatic rings. The van der Waals surface area contributed by atoms with Crippen LogP contribution in [0.3, 0.4) is 0 Å². The van der Waals surface area contributed by atoms with Gasteiger partial charge in [0.05, 0.1) is 17.4 Å². The summed E-state index contributed by atoms with van der Waals surface area (Å²) in [6, 6.07) is 28.0. The molecule has 138 valence electrons. The zero-order valence-electron chi connectivity index (χ0n) is 15.0. The zero-order chi connectivity index (χ0) is 19.1. The number of hydrogen-bond acceptors (Lipinski definition) is 4. The van der Waals surface area contributed by atoms with Crippen LogP contribution in [0.2, 0.25) is 0 Å². The Morgan fingerprint density at radius 3 is 1.79 bits per heavy atom. The van der Waals surface area contributed by atoms with E-state index in [0.717, 1.165) is 11.3 Å². The lowest BCUT2D eigenvalue weighted by atomic mass is 9.90. The number of para-hydroxylation sites is 2. The summed E-state index contributed by atoms with van der Waals surface area (Å²) >= 11 is 0. The lowest BCUT2D eigenvalue weighted by Gasteiger charge is -2.28. The first-order chi connectivity index (χ1) is 13.8. The van der Waals surface area contributed by atoms with E-state index >= 15 is 0 Å². The number of carbonyl (C=O) groups is 2. The van der Waals surface area contributed by atoms with Crippen LogP contribution in [0.4, 0.5) is 11.4 Å². The van der Waals surface area contributed by atoms with E-state index in [1.54, 1.807) is 17.2 Å². The van der Waals surface area contributed by atoms with Crippen LogP contribution in [0.1, 0.15) is 11.6 Å². The highest BCUT2D eigenvalue weighted by molar-refractivity contribution is 6.23. The van der Waals surface area contributed by atoms with Gasteiger partial charge in [-0.05, 0) is 29.8 Å². The van der Waals surface area contributed by atoms with Gasteiger partial charge >= 0.3 is 0 Å². The Labute approximate surface area is 162 Å². The average molecular weight is 370 g/mol. The first-order valence-corrected chi connectivity index (χ1v) is 9.24. The van der Waals surface area contributed by atoms with Crippen molar-refractivity contribution in [1.29, 1.82) is 0 Å². The Morgan fingerprint density at radius 2 is 1.18 bits per heavy atom. The van der Waals surface area contributed by atoms with Gasteiger partial charge in [0, 0.05) is 0 Å². The van der Waals surface area contributed by atoms with Crippen LogP contribution in [0.25, 0.3) is 0 Å². The van der Waals surface area contributed by atoms with Crippen molar-refractivity contribution in [1.82, 2.24) is 0 Å². The van der Waals surface area contributed by atoms with Gasteiger partial charge in [-0.15, -0.1) is 0 Å². The lowest BCUT2D eigenvalue weighted by molar-refractivity contribution is -0.126. The van der Waals surface area contributed by atoms with E-state index < -0.39 is 12.0 Å². The first-order valence-electron chi connectivity index (χ1n) is 9.24. The first kappa shape index (κ1) is 16.7. The quantitative estimate of drug-likeness (QED) is 0.659. The molecule has 2 heterocycles. The number of fused-ring (bicyclic) bond motifs is 1. The predicted octanol–water partition coefficient (Wildman–Crippen LogP) is 3.74. The van der Waals surface area contributed by atoms with E-state index in [1.165, 1.54) is 4.90 Å².